The van der Waals surface area contributed by atoms with Gasteiger partial charge in [0, 0.05) is 0 Å². The van der Waals surface area contributed by atoms with Gasteiger partial charge in [-0.3, -0.25) is 4.79 Å². The van der Waals surface area contributed by atoms with E-state index >= 15 is 0 Å². The van der Waals surface area contributed by atoms with Crippen molar-refractivity contribution in [2.45, 2.75) is 50.2 Å². The number of nitrogens with zero attached hydrogens (tertiary/aromatic N) is 4. The Kier molecular flexibility index (Phi) is 5.94. The summed E-state index contributed by atoms with van der Waals surface area (Å²) in [6.45, 7) is 4.33. The summed E-state index contributed by atoms with van der Waals surface area (Å²) < 4.78 is 1.68. The number of hydrogen-bond donors (Lipinski definition) is 1. The molecule has 0 saturated heterocycles. The Balaban J connectivity index is 1.39. The van der Waals surface area contributed by atoms with Crippen molar-refractivity contribution in [3.63, 3.8) is 0 Å². The molecule has 0 spiro atoms. The summed E-state index contributed by atoms with van der Waals surface area (Å²) >= 11 is 1.35. The number of benzene rings is 2. The third kappa shape index (κ3) is 4.50. The van der Waals surface area contributed by atoms with Gasteiger partial charge in [0.15, 0.2) is 0 Å². The molecule has 29 heavy (non-hydrogen) atoms. The van der Waals surface area contributed by atoms with Gasteiger partial charge in [-0.2, -0.15) is 4.68 Å². The molecule has 150 valence electrons. The number of nitrogens with one attached hydrogen (secondary N) is 1. The van der Waals surface area contributed by atoms with Gasteiger partial charge in [-0.05, 0) is 64.4 Å². The maximum atomic E-state index is 12.6. The summed E-state index contributed by atoms with van der Waals surface area (Å²) in [5.41, 5.74) is 4.74. The number of rotatable bonds is 6. The fourth-order valence-corrected chi connectivity index (χ4v) is 4.40. The van der Waals surface area contributed by atoms with E-state index in [2.05, 4.69) is 65.0 Å². The number of thioether (sulfide) groups is 1. The Bertz CT molecular complexity index is 983. The van der Waals surface area contributed by atoms with E-state index in [4.69, 9.17) is 0 Å². The highest BCUT2D eigenvalue weighted by molar-refractivity contribution is 7.99. The van der Waals surface area contributed by atoms with E-state index in [-0.39, 0.29) is 17.7 Å². The van der Waals surface area contributed by atoms with E-state index in [0.717, 1.165) is 24.9 Å². The molecule has 1 aromatic heterocycles. The Hall–Kier alpha value is -2.67. The third-order valence-electron chi connectivity index (χ3n) is 5.28. The third-order valence-corrected chi connectivity index (χ3v) is 6.20. The standard InChI is InChI=1S/C22H25N5OS/c1-15(2)16-10-12-18(13-11-16)27-22(24-25-26-27)29-14-21(28)23-20-9-5-7-17-6-3-4-8-19(17)20/h3-4,6,8,10-13,15,20H,5,7,9,14H2,1-2H3,(H,23,28)/t20-/m0/s1. The van der Waals surface area contributed by atoms with Crippen molar-refractivity contribution < 1.29 is 4.79 Å². The molecule has 1 amide bonds. The van der Waals surface area contributed by atoms with Crippen LogP contribution in [-0.2, 0) is 11.2 Å². The lowest BCUT2D eigenvalue weighted by atomic mass is 9.88. The molecule has 0 bridgehead atoms. The number of carbonyl (C=O) groups excluding carboxylic acids is 1. The number of amides is 1. The zero-order chi connectivity index (χ0) is 20.2. The van der Waals surface area contributed by atoms with Crippen molar-refractivity contribution in [3.8, 4) is 5.69 Å². The van der Waals surface area contributed by atoms with Gasteiger partial charge in [-0.25, -0.2) is 0 Å². The first kappa shape index (κ1) is 19.6. The maximum Gasteiger partial charge on any atom is 0.230 e. The van der Waals surface area contributed by atoms with Crippen LogP contribution in [0.2, 0.25) is 0 Å². The molecule has 4 rings (SSSR count). The first-order chi connectivity index (χ1) is 14.1. The maximum absolute atomic E-state index is 12.6. The van der Waals surface area contributed by atoms with Crippen LogP contribution >= 0.6 is 11.8 Å². The summed E-state index contributed by atoms with van der Waals surface area (Å²) in [7, 11) is 0. The van der Waals surface area contributed by atoms with Crippen molar-refractivity contribution in [1.29, 1.82) is 0 Å². The molecule has 2 aromatic carbocycles. The molecule has 7 heteroatoms. The van der Waals surface area contributed by atoms with Crippen molar-refractivity contribution in [3.05, 3.63) is 65.2 Å². The molecule has 0 unspecified atom stereocenters. The molecule has 6 nitrogen and oxygen atoms in total. The van der Waals surface area contributed by atoms with Crippen LogP contribution < -0.4 is 5.32 Å². The minimum Gasteiger partial charge on any atom is -0.349 e. The van der Waals surface area contributed by atoms with Gasteiger partial charge < -0.3 is 5.32 Å². The van der Waals surface area contributed by atoms with E-state index in [0.29, 0.717) is 11.1 Å². The van der Waals surface area contributed by atoms with Gasteiger partial charge in [0.25, 0.3) is 0 Å². The summed E-state index contributed by atoms with van der Waals surface area (Å²) in [5, 5.41) is 15.8. The molecule has 3 aromatic rings. The monoisotopic (exact) mass is 407 g/mol. The van der Waals surface area contributed by atoms with Crippen LogP contribution in [0.1, 0.15) is 55.3 Å². The number of fused-ring (bicyclic) bond motifs is 1. The normalized spacial score (nSPS) is 15.9. The van der Waals surface area contributed by atoms with Crippen LogP contribution in [0.25, 0.3) is 5.69 Å². The van der Waals surface area contributed by atoms with Gasteiger partial charge in [-0.15, -0.1) is 5.10 Å². The minimum absolute atomic E-state index is 0.00130. The van der Waals surface area contributed by atoms with Gasteiger partial charge >= 0.3 is 0 Å². The smallest absolute Gasteiger partial charge is 0.230 e. The number of carbonyl (C=O) groups is 1. The van der Waals surface area contributed by atoms with Crippen LogP contribution in [0.5, 0.6) is 0 Å². The predicted molar refractivity (Wildman–Crippen MR) is 114 cm³/mol. The molecule has 0 saturated carbocycles. The lowest BCUT2D eigenvalue weighted by Gasteiger charge is -2.26. The van der Waals surface area contributed by atoms with Crippen molar-refractivity contribution in [2.24, 2.45) is 0 Å². The Morgan fingerprint density at radius 1 is 1.21 bits per heavy atom. The molecule has 1 aliphatic rings. The average molecular weight is 408 g/mol. The number of hydrogen-bond acceptors (Lipinski definition) is 5. The van der Waals surface area contributed by atoms with Crippen LogP contribution in [0, 0.1) is 0 Å². The lowest BCUT2D eigenvalue weighted by molar-refractivity contribution is -0.119. The Labute approximate surface area is 175 Å². The molecule has 1 aliphatic carbocycles. The van der Waals surface area contributed by atoms with Gasteiger partial charge in [-0.1, -0.05) is 62.0 Å². The second-order valence-corrected chi connectivity index (χ2v) is 8.56. The SMILES string of the molecule is CC(C)c1ccc(-n2nnnc2SCC(=O)N[C@H]2CCCc3ccccc32)cc1. The quantitative estimate of drug-likeness (QED) is 0.624. The fraction of sp³-hybridized carbons (Fsp3) is 0.364. The first-order valence-corrected chi connectivity index (χ1v) is 11.0. The minimum atomic E-state index is 0.00130. The Morgan fingerprint density at radius 2 is 2.00 bits per heavy atom. The van der Waals surface area contributed by atoms with Crippen LogP contribution in [0.3, 0.4) is 0 Å². The summed E-state index contributed by atoms with van der Waals surface area (Å²) in [6.07, 6.45) is 3.16. The molecular weight excluding hydrogens is 382 g/mol. The summed E-state index contributed by atoms with van der Waals surface area (Å²) in [6, 6.07) is 16.7. The van der Waals surface area contributed by atoms with E-state index in [9.17, 15) is 4.79 Å². The second kappa shape index (κ2) is 8.78. The van der Waals surface area contributed by atoms with Crippen LogP contribution in [0.15, 0.2) is 53.7 Å². The van der Waals surface area contributed by atoms with Gasteiger partial charge in [0.05, 0.1) is 17.5 Å². The highest BCUT2D eigenvalue weighted by Crippen LogP contribution is 2.29. The number of aromatic nitrogens is 4. The Morgan fingerprint density at radius 3 is 2.79 bits per heavy atom. The van der Waals surface area contributed by atoms with E-state index in [1.807, 2.05) is 18.2 Å². The second-order valence-electron chi connectivity index (χ2n) is 7.62. The molecule has 0 aliphatic heterocycles. The lowest BCUT2D eigenvalue weighted by Crippen LogP contribution is -2.32. The van der Waals surface area contributed by atoms with Gasteiger partial charge in [0.2, 0.25) is 11.1 Å². The van der Waals surface area contributed by atoms with Crippen LogP contribution in [-0.4, -0.2) is 31.9 Å². The number of tetrazole rings is 1. The highest BCUT2D eigenvalue weighted by Gasteiger charge is 2.21. The predicted octanol–water partition coefficient (Wildman–Crippen LogP) is 4.07. The van der Waals surface area contributed by atoms with Crippen molar-refractivity contribution in [2.75, 3.05) is 5.75 Å². The molecule has 1 N–H and O–H groups in total. The first-order valence-electron chi connectivity index (χ1n) is 10.0. The van der Waals surface area contributed by atoms with E-state index < -0.39 is 0 Å². The molecule has 0 fully saturated rings. The molecule has 1 heterocycles. The topological polar surface area (TPSA) is 72.7 Å². The summed E-state index contributed by atoms with van der Waals surface area (Å²) in [5.74, 6) is 0.755. The van der Waals surface area contributed by atoms with Crippen LogP contribution in [0.4, 0.5) is 0 Å². The zero-order valence-electron chi connectivity index (χ0n) is 16.7. The molecule has 0 radical (unpaired) electrons. The molecular formula is C22H25N5OS. The molecule has 1 atom stereocenters. The van der Waals surface area contributed by atoms with E-state index in [1.165, 1.54) is 28.5 Å². The fourth-order valence-electron chi connectivity index (χ4n) is 3.70. The van der Waals surface area contributed by atoms with Crippen molar-refractivity contribution in [1.82, 2.24) is 25.5 Å². The largest absolute Gasteiger partial charge is 0.349 e. The number of aryl methyl sites for hydroxylation is 1. The highest BCUT2D eigenvalue weighted by atomic mass is 32.2. The van der Waals surface area contributed by atoms with Crippen molar-refractivity contribution >= 4 is 17.7 Å². The average Bonchev–Trinajstić information content (AvgIpc) is 3.21. The zero-order valence-corrected chi connectivity index (χ0v) is 17.5. The van der Waals surface area contributed by atoms with E-state index in [1.54, 1.807) is 4.68 Å². The summed E-state index contributed by atoms with van der Waals surface area (Å²) in [4.78, 5) is 12.6. The van der Waals surface area contributed by atoms with Gasteiger partial charge in [0.1, 0.15) is 0 Å².